The van der Waals surface area contributed by atoms with Crippen LogP contribution in [0.4, 0.5) is 0 Å². The van der Waals surface area contributed by atoms with Crippen molar-refractivity contribution in [2.75, 3.05) is 6.61 Å². The molecule has 0 fully saturated rings. The Bertz CT molecular complexity index is 1290. The number of nitrogens with zero attached hydrogens (tertiary/aromatic N) is 1. The van der Waals surface area contributed by atoms with Crippen molar-refractivity contribution in [3.63, 3.8) is 0 Å². The highest BCUT2D eigenvalue weighted by atomic mass is 35.5. The quantitative estimate of drug-likeness (QED) is 0.338. The molecule has 7 nitrogen and oxygen atoms in total. The number of benzene rings is 3. The Balaban J connectivity index is 1.78. The first-order valence-corrected chi connectivity index (χ1v) is 12.7. The van der Waals surface area contributed by atoms with E-state index < -0.39 is 42.5 Å². The lowest BCUT2D eigenvalue weighted by atomic mass is 9.78. The van der Waals surface area contributed by atoms with Crippen LogP contribution in [0, 0.1) is 0 Å². The fourth-order valence-electron chi connectivity index (χ4n) is 4.58. The second kappa shape index (κ2) is 11.8. The maximum Gasteiger partial charge on any atom is 0.255 e. The van der Waals surface area contributed by atoms with Gasteiger partial charge in [-0.2, -0.15) is 0 Å². The molecule has 194 valence electrons. The largest absolute Gasteiger partial charge is 0.394 e. The van der Waals surface area contributed by atoms with E-state index in [0.717, 1.165) is 5.56 Å². The second-order valence-corrected chi connectivity index (χ2v) is 10.0. The van der Waals surface area contributed by atoms with Crippen LogP contribution in [0.2, 0.25) is 15.1 Å². The molecule has 10 heteroatoms. The first-order valence-electron chi connectivity index (χ1n) is 11.5. The SMILES string of the molecule is C[C@H](O)[C@H](CO)N1C(=O)c2ccccc2[C@H](C(=O)NOCc2ccc(Cl)cc2)[C@H]1c1ccc(Cl)cc1Cl. The van der Waals surface area contributed by atoms with E-state index in [4.69, 9.17) is 39.6 Å². The molecular weight excluding hydrogens is 539 g/mol. The molecule has 4 atom stereocenters. The number of carbonyl (C=O) groups excluding carboxylic acids is 2. The summed E-state index contributed by atoms with van der Waals surface area (Å²) in [6.07, 6.45) is -1.10. The molecular formula is C27H25Cl3N2O5. The fraction of sp³-hybridized carbons (Fsp3) is 0.259. The van der Waals surface area contributed by atoms with Crippen LogP contribution in [-0.4, -0.2) is 45.7 Å². The molecule has 0 bridgehead atoms. The number of rotatable bonds is 8. The summed E-state index contributed by atoms with van der Waals surface area (Å²) in [5.74, 6) is -1.96. The van der Waals surface area contributed by atoms with Crippen molar-refractivity contribution in [1.29, 1.82) is 0 Å². The molecule has 0 saturated carbocycles. The summed E-state index contributed by atoms with van der Waals surface area (Å²) >= 11 is 18.6. The molecule has 3 N–H and O–H groups in total. The molecule has 0 radical (unpaired) electrons. The van der Waals surface area contributed by atoms with Gasteiger partial charge in [0.25, 0.3) is 11.8 Å². The fourth-order valence-corrected chi connectivity index (χ4v) is 5.23. The van der Waals surface area contributed by atoms with Crippen LogP contribution >= 0.6 is 34.8 Å². The smallest absolute Gasteiger partial charge is 0.255 e. The van der Waals surface area contributed by atoms with Crippen LogP contribution in [-0.2, 0) is 16.2 Å². The number of carbonyl (C=O) groups is 2. The van der Waals surface area contributed by atoms with Gasteiger partial charge in [-0.25, -0.2) is 5.48 Å². The Morgan fingerprint density at radius 1 is 1.03 bits per heavy atom. The summed E-state index contributed by atoms with van der Waals surface area (Å²) in [6.45, 7) is 1.02. The van der Waals surface area contributed by atoms with E-state index >= 15 is 0 Å². The zero-order valence-electron chi connectivity index (χ0n) is 19.8. The molecule has 0 aliphatic carbocycles. The highest BCUT2D eigenvalue weighted by Crippen LogP contribution is 2.46. The summed E-state index contributed by atoms with van der Waals surface area (Å²) in [4.78, 5) is 34.3. The normalized spacial score (nSPS) is 18.8. The first kappa shape index (κ1) is 27.4. The van der Waals surface area contributed by atoms with Gasteiger partial charge >= 0.3 is 0 Å². The number of aliphatic hydroxyl groups is 2. The third-order valence-electron chi connectivity index (χ3n) is 6.37. The molecule has 0 saturated heterocycles. The lowest BCUT2D eigenvalue weighted by molar-refractivity contribution is -0.138. The van der Waals surface area contributed by atoms with Gasteiger partial charge in [-0.15, -0.1) is 0 Å². The van der Waals surface area contributed by atoms with E-state index in [9.17, 15) is 19.8 Å². The van der Waals surface area contributed by atoms with Gasteiger partial charge in [0.15, 0.2) is 0 Å². The second-order valence-electron chi connectivity index (χ2n) is 8.76. The number of hydrogen-bond acceptors (Lipinski definition) is 5. The average Bonchev–Trinajstić information content (AvgIpc) is 2.87. The lowest BCUT2D eigenvalue weighted by Crippen LogP contribution is -2.55. The van der Waals surface area contributed by atoms with Gasteiger partial charge < -0.3 is 15.1 Å². The molecule has 1 heterocycles. The van der Waals surface area contributed by atoms with Crippen molar-refractivity contribution < 1.29 is 24.6 Å². The number of amides is 2. The summed E-state index contributed by atoms with van der Waals surface area (Å²) in [5.41, 5.74) is 4.48. The maximum atomic E-state index is 13.7. The maximum absolute atomic E-state index is 13.7. The molecule has 0 unspecified atom stereocenters. The van der Waals surface area contributed by atoms with E-state index in [1.54, 1.807) is 60.7 Å². The molecule has 3 aromatic rings. The van der Waals surface area contributed by atoms with E-state index in [2.05, 4.69) is 5.48 Å². The van der Waals surface area contributed by atoms with Crippen molar-refractivity contribution in [1.82, 2.24) is 10.4 Å². The Hall–Kier alpha value is -2.65. The predicted octanol–water partition coefficient (Wildman–Crippen LogP) is 4.92. The summed E-state index contributed by atoms with van der Waals surface area (Å²) in [6, 6.07) is 16.5. The monoisotopic (exact) mass is 562 g/mol. The van der Waals surface area contributed by atoms with Crippen molar-refractivity contribution in [3.8, 4) is 0 Å². The Labute approximate surface area is 229 Å². The minimum Gasteiger partial charge on any atom is -0.394 e. The van der Waals surface area contributed by atoms with Crippen LogP contribution in [0.15, 0.2) is 66.7 Å². The number of fused-ring (bicyclic) bond motifs is 1. The predicted molar refractivity (Wildman–Crippen MR) is 141 cm³/mol. The van der Waals surface area contributed by atoms with Gasteiger partial charge in [0.2, 0.25) is 0 Å². The Morgan fingerprint density at radius 3 is 2.35 bits per heavy atom. The van der Waals surface area contributed by atoms with Crippen molar-refractivity contribution in [2.45, 2.75) is 37.6 Å². The van der Waals surface area contributed by atoms with Gasteiger partial charge in [0.1, 0.15) is 0 Å². The van der Waals surface area contributed by atoms with Gasteiger partial charge in [-0.1, -0.05) is 71.2 Å². The topological polar surface area (TPSA) is 99.1 Å². The molecule has 4 rings (SSSR count). The lowest BCUT2D eigenvalue weighted by Gasteiger charge is -2.46. The highest BCUT2D eigenvalue weighted by Gasteiger charge is 2.48. The summed E-state index contributed by atoms with van der Waals surface area (Å²) in [7, 11) is 0. The number of halogens is 3. The number of hydrogen-bond donors (Lipinski definition) is 3. The zero-order chi connectivity index (χ0) is 26.7. The Morgan fingerprint density at radius 2 is 1.70 bits per heavy atom. The van der Waals surface area contributed by atoms with Crippen LogP contribution in [0.3, 0.4) is 0 Å². The van der Waals surface area contributed by atoms with Gasteiger partial charge in [-0.05, 0) is 53.9 Å². The molecule has 0 spiro atoms. The standard InChI is InChI=1S/C27H25Cl3N2O5/c1-15(34)23(13-33)32-25(21-11-10-18(29)12-22(21)30)24(19-4-2-3-5-20(19)27(32)36)26(35)31-37-14-16-6-8-17(28)9-7-16/h2-12,15,23-25,33-34H,13-14H2,1H3,(H,31,35)/t15-,23-,24-,25+/m0/s1. The molecule has 3 aromatic carbocycles. The van der Waals surface area contributed by atoms with Gasteiger partial charge in [0, 0.05) is 20.6 Å². The number of nitrogens with one attached hydrogen (secondary N) is 1. The highest BCUT2D eigenvalue weighted by molar-refractivity contribution is 6.35. The molecule has 0 aromatic heterocycles. The van der Waals surface area contributed by atoms with Crippen molar-refractivity contribution in [2.24, 2.45) is 0 Å². The molecule has 37 heavy (non-hydrogen) atoms. The zero-order valence-corrected chi connectivity index (χ0v) is 22.0. The molecule has 1 aliphatic rings. The number of hydroxylamine groups is 1. The number of aliphatic hydroxyl groups excluding tert-OH is 2. The van der Waals surface area contributed by atoms with Crippen LogP contribution in [0.1, 0.15) is 45.9 Å². The van der Waals surface area contributed by atoms with Gasteiger partial charge in [0.05, 0.1) is 37.3 Å². The van der Waals surface area contributed by atoms with E-state index in [1.807, 2.05) is 0 Å². The van der Waals surface area contributed by atoms with Crippen molar-refractivity contribution in [3.05, 3.63) is 104 Å². The first-order chi connectivity index (χ1) is 17.7. The average molecular weight is 564 g/mol. The minimum absolute atomic E-state index is 0.0826. The molecule has 2 amide bonds. The van der Waals surface area contributed by atoms with Crippen LogP contribution in [0.25, 0.3) is 0 Å². The summed E-state index contributed by atoms with van der Waals surface area (Å²) in [5, 5.41) is 21.8. The van der Waals surface area contributed by atoms with Crippen molar-refractivity contribution >= 4 is 46.6 Å². The van der Waals surface area contributed by atoms with Crippen LogP contribution in [0.5, 0.6) is 0 Å². The van der Waals surface area contributed by atoms with Gasteiger partial charge in [-0.3, -0.25) is 14.4 Å². The third kappa shape index (κ3) is 5.77. The molecule has 1 aliphatic heterocycles. The van der Waals surface area contributed by atoms with E-state index in [-0.39, 0.29) is 17.2 Å². The van der Waals surface area contributed by atoms with Crippen LogP contribution < -0.4 is 5.48 Å². The summed E-state index contributed by atoms with van der Waals surface area (Å²) < 4.78 is 0. The van der Waals surface area contributed by atoms with E-state index in [0.29, 0.717) is 21.2 Å². The Kier molecular flexibility index (Phi) is 8.75. The van der Waals surface area contributed by atoms with E-state index in [1.165, 1.54) is 17.9 Å². The minimum atomic E-state index is -1.10. The third-order valence-corrected chi connectivity index (χ3v) is 7.18.